The molecule has 0 aromatic heterocycles. The molecule has 0 bridgehead atoms. The second-order valence-corrected chi connectivity index (χ2v) is 7.58. The van der Waals surface area contributed by atoms with E-state index in [1.165, 1.54) is 25.7 Å². The average Bonchev–Trinajstić information content (AvgIpc) is 2.44. The Morgan fingerprint density at radius 3 is 2.33 bits per heavy atom. The third-order valence-corrected chi connectivity index (χ3v) is 5.26. The SMILES string of the molecule is CC(C)CNCC1CCCCC1Cc1c(Cl)cccc1Cl. The van der Waals surface area contributed by atoms with Gasteiger partial charge in [0, 0.05) is 10.0 Å². The minimum Gasteiger partial charge on any atom is -0.316 e. The van der Waals surface area contributed by atoms with Gasteiger partial charge in [-0.1, -0.05) is 56.0 Å². The smallest absolute Gasteiger partial charge is 0.0452 e. The van der Waals surface area contributed by atoms with Gasteiger partial charge in [0.05, 0.1) is 0 Å². The van der Waals surface area contributed by atoms with Crippen molar-refractivity contribution in [1.82, 2.24) is 5.32 Å². The third kappa shape index (κ3) is 5.16. The van der Waals surface area contributed by atoms with Gasteiger partial charge in [0.15, 0.2) is 0 Å². The van der Waals surface area contributed by atoms with E-state index in [2.05, 4.69) is 19.2 Å². The molecule has 1 N–H and O–H groups in total. The predicted octanol–water partition coefficient (Wildman–Crippen LogP) is 5.59. The molecule has 1 aliphatic carbocycles. The van der Waals surface area contributed by atoms with Crippen molar-refractivity contribution < 1.29 is 0 Å². The fourth-order valence-electron chi connectivity index (χ4n) is 3.37. The Hall–Kier alpha value is -0.240. The van der Waals surface area contributed by atoms with Crippen molar-refractivity contribution in [3.63, 3.8) is 0 Å². The maximum absolute atomic E-state index is 6.34. The van der Waals surface area contributed by atoms with Crippen molar-refractivity contribution in [3.05, 3.63) is 33.8 Å². The molecule has 1 fully saturated rings. The third-order valence-electron chi connectivity index (χ3n) is 4.55. The first kappa shape index (κ1) is 17.1. The van der Waals surface area contributed by atoms with Crippen LogP contribution in [0.1, 0.15) is 45.1 Å². The molecule has 118 valence electrons. The van der Waals surface area contributed by atoms with Crippen LogP contribution < -0.4 is 5.32 Å². The fraction of sp³-hybridized carbons (Fsp3) is 0.667. The molecule has 1 saturated carbocycles. The summed E-state index contributed by atoms with van der Waals surface area (Å²) in [6, 6.07) is 5.84. The van der Waals surface area contributed by atoms with Crippen molar-refractivity contribution in [2.24, 2.45) is 17.8 Å². The van der Waals surface area contributed by atoms with Crippen molar-refractivity contribution in [1.29, 1.82) is 0 Å². The number of hydrogen-bond donors (Lipinski definition) is 1. The van der Waals surface area contributed by atoms with Crippen LogP contribution in [0.25, 0.3) is 0 Å². The largest absolute Gasteiger partial charge is 0.316 e. The molecular weight excluding hydrogens is 301 g/mol. The van der Waals surface area contributed by atoms with Crippen LogP contribution in [0.2, 0.25) is 10.0 Å². The molecule has 1 aliphatic rings. The Bertz CT molecular complexity index is 425. The first-order chi connectivity index (χ1) is 10.1. The first-order valence-electron chi connectivity index (χ1n) is 8.21. The maximum Gasteiger partial charge on any atom is 0.0452 e. The van der Waals surface area contributed by atoms with Gasteiger partial charge >= 0.3 is 0 Å². The lowest BCUT2D eigenvalue weighted by Gasteiger charge is -2.32. The highest BCUT2D eigenvalue weighted by Crippen LogP contribution is 2.35. The van der Waals surface area contributed by atoms with Gasteiger partial charge in [-0.15, -0.1) is 0 Å². The second kappa shape index (κ2) is 8.41. The van der Waals surface area contributed by atoms with E-state index in [9.17, 15) is 0 Å². The fourth-order valence-corrected chi connectivity index (χ4v) is 3.92. The lowest BCUT2D eigenvalue weighted by molar-refractivity contribution is 0.226. The summed E-state index contributed by atoms with van der Waals surface area (Å²) in [5.74, 6) is 2.17. The Morgan fingerprint density at radius 2 is 1.71 bits per heavy atom. The molecule has 2 unspecified atom stereocenters. The molecule has 2 atom stereocenters. The summed E-state index contributed by atoms with van der Waals surface area (Å²) in [5.41, 5.74) is 1.14. The van der Waals surface area contributed by atoms with E-state index in [1.807, 2.05) is 18.2 Å². The van der Waals surface area contributed by atoms with Crippen LogP contribution in [-0.2, 0) is 6.42 Å². The normalized spacial score (nSPS) is 22.7. The van der Waals surface area contributed by atoms with E-state index in [1.54, 1.807) is 0 Å². The van der Waals surface area contributed by atoms with Crippen LogP contribution in [-0.4, -0.2) is 13.1 Å². The highest BCUT2D eigenvalue weighted by Gasteiger charge is 2.26. The standard InChI is InChI=1S/C18H27Cl2N/c1-13(2)11-21-12-15-7-4-3-6-14(15)10-16-17(19)8-5-9-18(16)20/h5,8-9,13-15,21H,3-4,6-7,10-12H2,1-2H3. The Morgan fingerprint density at radius 1 is 1.10 bits per heavy atom. The number of benzene rings is 1. The number of hydrogen-bond acceptors (Lipinski definition) is 1. The van der Waals surface area contributed by atoms with Crippen LogP contribution in [0.15, 0.2) is 18.2 Å². The van der Waals surface area contributed by atoms with E-state index in [4.69, 9.17) is 23.2 Å². The summed E-state index contributed by atoms with van der Waals surface area (Å²) < 4.78 is 0. The first-order valence-corrected chi connectivity index (χ1v) is 8.97. The molecule has 0 radical (unpaired) electrons. The van der Waals surface area contributed by atoms with Crippen molar-refractivity contribution >= 4 is 23.2 Å². The van der Waals surface area contributed by atoms with Crippen molar-refractivity contribution in [2.45, 2.75) is 46.0 Å². The molecule has 0 spiro atoms. The zero-order chi connectivity index (χ0) is 15.2. The molecule has 1 aromatic carbocycles. The Balaban J connectivity index is 1.98. The summed E-state index contributed by atoms with van der Waals surface area (Å²) in [6.07, 6.45) is 6.36. The molecule has 1 nitrogen and oxygen atoms in total. The van der Waals surface area contributed by atoms with Crippen molar-refractivity contribution in [2.75, 3.05) is 13.1 Å². The van der Waals surface area contributed by atoms with Crippen LogP contribution in [0.5, 0.6) is 0 Å². The molecule has 0 heterocycles. The lowest BCUT2D eigenvalue weighted by atomic mass is 9.76. The van der Waals surface area contributed by atoms with Gasteiger partial charge in [-0.25, -0.2) is 0 Å². The summed E-state index contributed by atoms with van der Waals surface area (Å²) in [5, 5.41) is 5.28. The highest BCUT2D eigenvalue weighted by atomic mass is 35.5. The van der Waals surface area contributed by atoms with E-state index in [-0.39, 0.29) is 0 Å². The topological polar surface area (TPSA) is 12.0 Å². The van der Waals surface area contributed by atoms with Crippen LogP contribution >= 0.6 is 23.2 Å². The summed E-state index contributed by atoms with van der Waals surface area (Å²) in [4.78, 5) is 0. The molecule has 0 saturated heterocycles. The van der Waals surface area contributed by atoms with E-state index in [0.29, 0.717) is 11.8 Å². The summed E-state index contributed by atoms with van der Waals surface area (Å²) in [7, 11) is 0. The quantitative estimate of drug-likeness (QED) is 0.718. The zero-order valence-electron chi connectivity index (χ0n) is 13.2. The van der Waals surface area contributed by atoms with Gasteiger partial charge in [-0.3, -0.25) is 0 Å². The Kier molecular flexibility index (Phi) is 6.85. The van der Waals surface area contributed by atoms with Gasteiger partial charge in [0.1, 0.15) is 0 Å². The zero-order valence-corrected chi connectivity index (χ0v) is 14.7. The minimum atomic E-state index is 0.704. The van der Waals surface area contributed by atoms with Crippen LogP contribution in [0.4, 0.5) is 0 Å². The summed E-state index contributed by atoms with van der Waals surface area (Å²) >= 11 is 12.7. The second-order valence-electron chi connectivity index (χ2n) is 6.76. The molecule has 21 heavy (non-hydrogen) atoms. The lowest BCUT2D eigenvalue weighted by Crippen LogP contribution is -2.33. The number of halogens is 2. The predicted molar refractivity (Wildman–Crippen MR) is 93.3 cm³/mol. The van der Waals surface area contributed by atoms with Crippen LogP contribution in [0, 0.1) is 17.8 Å². The van der Waals surface area contributed by atoms with Gasteiger partial charge in [0.2, 0.25) is 0 Å². The molecule has 1 aromatic rings. The monoisotopic (exact) mass is 327 g/mol. The minimum absolute atomic E-state index is 0.704. The van der Waals surface area contributed by atoms with E-state index in [0.717, 1.165) is 41.0 Å². The van der Waals surface area contributed by atoms with Gasteiger partial charge < -0.3 is 5.32 Å². The molecule has 2 rings (SSSR count). The maximum atomic E-state index is 6.34. The molecule has 3 heteroatoms. The number of nitrogens with one attached hydrogen (secondary N) is 1. The summed E-state index contributed by atoms with van der Waals surface area (Å²) in [6.45, 7) is 6.75. The van der Waals surface area contributed by atoms with Gasteiger partial charge in [-0.05, 0) is 67.8 Å². The van der Waals surface area contributed by atoms with E-state index < -0.39 is 0 Å². The van der Waals surface area contributed by atoms with E-state index >= 15 is 0 Å². The molecular formula is C18H27Cl2N. The highest BCUT2D eigenvalue weighted by molar-refractivity contribution is 6.35. The van der Waals surface area contributed by atoms with Crippen molar-refractivity contribution in [3.8, 4) is 0 Å². The van der Waals surface area contributed by atoms with Gasteiger partial charge in [0.25, 0.3) is 0 Å². The van der Waals surface area contributed by atoms with Crippen LogP contribution in [0.3, 0.4) is 0 Å². The Labute approximate surface area is 139 Å². The molecule has 0 amide bonds. The van der Waals surface area contributed by atoms with Gasteiger partial charge in [-0.2, -0.15) is 0 Å². The average molecular weight is 328 g/mol. The number of rotatable bonds is 6. The molecule has 0 aliphatic heterocycles.